The van der Waals surface area contributed by atoms with Crippen molar-refractivity contribution in [2.24, 2.45) is 0 Å². The molecule has 0 atom stereocenters. The Balaban J connectivity index is 1.65. The first-order chi connectivity index (χ1) is 13.6. The number of fused-ring (bicyclic) bond motifs is 1. The van der Waals surface area contributed by atoms with Gasteiger partial charge in [-0.05, 0) is 31.2 Å². The fourth-order valence-electron chi connectivity index (χ4n) is 2.78. The van der Waals surface area contributed by atoms with Crippen molar-refractivity contribution in [1.82, 2.24) is 15.0 Å². The van der Waals surface area contributed by atoms with Crippen molar-refractivity contribution in [1.29, 1.82) is 0 Å². The molecule has 2 aromatic heterocycles. The number of para-hydroxylation sites is 1. The Bertz CT molecular complexity index is 1170. The molecule has 0 aliphatic carbocycles. The Morgan fingerprint density at radius 3 is 2.71 bits per heavy atom. The molecule has 4 aromatic rings. The number of hydrogen-bond donors (Lipinski definition) is 2. The van der Waals surface area contributed by atoms with E-state index in [0.717, 1.165) is 5.39 Å². The van der Waals surface area contributed by atoms with Gasteiger partial charge in [-0.1, -0.05) is 30.3 Å². The molecule has 7 heteroatoms. The number of carbonyl (C=O) groups is 1. The maximum atomic E-state index is 11.6. The SMILES string of the molecule is CC(=O)c1cccc(Nc2ncnc(Oc3cccc4cccnc34)c2N)c1. The number of nitrogens with zero attached hydrogens (tertiary/aromatic N) is 3. The maximum absolute atomic E-state index is 11.6. The molecule has 4 rings (SSSR count). The third kappa shape index (κ3) is 3.45. The normalized spacial score (nSPS) is 10.6. The standard InChI is InChI=1S/C21H17N5O2/c1-13(27)15-6-2-8-16(11-15)26-20-18(22)21(25-12-24-20)28-17-9-3-5-14-7-4-10-23-19(14)17/h2-12H,22H2,1H3,(H,24,25,26). The molecule has 0 bridgehead atoms. The van der Waals surface area contributed by atoms with Crippen LogP contribution in [0.3, 0.4) is 0 Å². The van der Waals surface area contributed by atoms with E-state index >= 15 is 0 Å². The second-order valence-electron chi connectivity index (χ2n) is 6.14. The minimum atomic E-state index is -0.0215. The summed E-state index contributed by atoms with van der Waals surface area (Å²) in [5, 5.41) is 4.06. The Kier molecular flexibility index (Phi) is 4.55. The number of aromatic nitrogens is 3. The number of nitrogens with one attached hydrogen (secondary N) is 1. The first-order valence-corrected chi connectivity index (χ1v) is 8.62. The molecule has 7 nitrogen and oxygen atoms in total. The summed E-state index contributed by atoms with van der Waals surface area (Å²) >= 11 is 0. The number of ketones is 1. The highest BCUT2D eigenvalue weighted by molar-refractivity contribution is 5.95. The van der Waals surface area contributed by atoms with Crippen LogP contribution in [0.4, 0.5) is 17.2 Å². The van der Waals surface area contributed by atoms with Gasteiger partial charge >= 0.3 is 0 Å². The van der Waals surface area contributed by atoms with E-state index in [4.69, 9.17) is 10.5 Å². The summed E-state index contributed by atoms with van der Waals surface area (Å²) in [6, 6.07) is 16.5. The monoisotopic (exact) mass is 371 g/mol. The minimum absolute atomic E-state index is 0.0215. The molecule has 2 heterocycles. The fraction of sp³-hybridized carbons (Fsp3) is 0.0476. The van der Waals surface area contributed by atoms with Crippen LogP contribution in [0, 0.1) is 0 Å². The number of Topliss-reactive ketones (excluding diaryl/α,β-unsaturated/α-hetero) is 1. The van der Waals surface area contributed by atoms with Gasteiger partial charge in [-0.15, -0.1) is 0 Å². The molecule has 2 aromatic carbocycles. The van der Waals surface area contributed by atoms with E-state index in [2.05, 4.69) is 20.3 Å². The van der Waals surface area contributed by atoms with Crippen molar-refractivity contribution in [3.8, 4) is 11.6 Å². The molecule has 3 N–H and O–H groups in total. The lowest BCUT2D eigenvalue weighted by Crippen LogP contribution is -2.04. The van der Waals surface area contributed by atoms with Gasteiger partial charge in [0.15, 0.2) is 17.4 Å². The van der Waals surface area contributed by atoms with E-state index in [1.165, 1.54) is 13.3 Å². The Morgan fingerprint density at radius 2 is 1.86 bits per heavy atom. The van der Waals surface area contributed by atoms with Crippen LogP contribution < -0.4 is 15.8 Å². The summed E-state index contributed by atoms with van der Waals surface area (Å²) in [5.74, 6) is 1.14. The number of anilines is 3. The largest absolute Gasteiger partial charge is 0.435 e. The first kappa shape index (κ1) is 17.4. The number of benzene rings is 2. The average molecular weight is 371 g/mol. The highest BCUT2D eigenvalue weighted by atomic mass is 16.5. The van der Waals surface area contributed by atoms with Gasteiger partial charge in [0.2, 0.25) is 5.88 Å². The van der Waals surface area contributed by atoms with Gasteiger partial charge in [-0.3, -0.25) is 9.78 Å². The van der Waals surface area contributed by atoms with Crippen molar-refractivity contribution >= 4 is 33.9 Å². The van der Waals surface area contributed by atoms with Gasteiger partial charge in [0.25, 0.3) is 0 Å². The van der Waals surface area contributed by atoms with Gasteiger partial charge in [0.1, 0.15) is 17.5 Å². The van der Waals surface area contributed by atoms with Crippen LogP contribution in [-0.4, -0.2) is 20.7 Å². The zero-order valence-corrected chi connectivity index (χ0v) is 15.1. The smallest absolute Gasteiger partial charge is 0.248 e. The lowest BCUT2D eigenvalue weighted by atomic mass is 10.1. The third-order valence-corrected chi connectivity index (χ3v) is 4.18. The molecule has 0 unspecified atom stereocenters. The van der Waals surface area contributed by atoms with Gasteiger partial charge in [0, 0.05) is 22.8 Å². The van der Waals surface area contributed by atoms with E-state index in [9.17, 15) is 4.79 Å². The number of nitrogen functional groups attached to an aromatic ring is 1. The van der Waals surface area contributed by atoms with E-state index in [1.807, 2.05) is 30.3 Å². The Morgan fingerprint density at radius 1 is 1.04 bits per heavy atom. The molecule has 0 aliphatic heterocycles. The zero-order chi connectivity index (χ0) is 19.5. The summed E-state index contributed by atoms with van der Waals surface area (Å²) in [6.45, 7) is 1.52. The third-order valence-electron chi connectivity index (χ3n) is 4.18. The highest BCUT2D eigenvalue weighted by Gasteiger charge is 2.13. The lowest BCUT2D eigenvalue weighted by molar-refractivity contribution is 0.101. The molecule has 0 spiro atoms. The van der Waals surface area contributed by atoms with Crippen molar-refractivity contribution < 1.29 is 9.53 Å². The lowest BCUT2D eigenvalue weighted by Gasteiger charge is -2.13. The number of ether oxygens (including phenoxy) is 1. The highest BCUT2D eigenvalue weighted by Crippen LogP contribution is 2.33. The van der Waals surface area contributed by atoms with E-state index in [0.29, 0.717) is 28.3 Å². The Labute approximate surface area is 161 Å². The van der Waals surface area contributed by atoms with Gasteiger partial charge < -0.3 is 15.8 Å². The predicted molar refractivity (Wildman–Crippen MR) is 108 cm³/mol. The fourth-order valence-corrected chi connectivity index (χ4v) is 2.78. The van der Waals surface area contributed by atoms with Gasteiger partial charge in [-0.25, -0.2) is 4.98 Å². The summed E-state index contributed by atoms with van der Waals surface area (Å²) in [4.78, 5) is 24.3. The van der Waals surface area contributed by atoms with Crippen molar-refractivity contribution in [3.05, 3.63) is 72.7 Å². The molecule has 138 valence electrons. The van der Waals surface area contributed by atoms with E-state index in [-0.39, 0.29) is 17.4 Å². The molecule has 0 amide bonds. The quantitative estimate of drug-likeness (QED) is 0.503. The van der Waals surface area contributed by atoms with Crippen LogP contribution in [0.15, 0.2) is 67.1 Å². The van der Waals surface area contributed by atoms with Crippen LogP contribution in [0.1, 0.15) is 17.3 Å². The zero-order valence-electron chi connectivity index (χ0n) is 15.1. The summed E-state index contributed by atoms with van der Waals surface area (Å²) < 4.78 is 5.93. The average Bonchev–Trinajstić information content (AvgIpc) is 2.71. The van der Waals surface area contributed by atoms with Gasteiger partial charge in [-0.2, -0.15) is 4.98 Å². The number of hydrogen-bond acceptors (Lipinski definition) is 7. The van der Waals surface area contributed by atoms with Crippen LogP contribution >= 0.6 is 0 Å². The summed E-state index contributed by atoms with van der Waals surface area (Å²) in [6.07, 6.45) is 3.06. The molecule has 0 aliphatic rings. The second kappa shape index (κ2) is 7.32. The summed E-state index contributed by atoms with van der Waals surface area (Å²) in [5.41, 5.74) is 8.47. The second-order valence-corrected chi connectivity index (χ2v) is 6.14. The van der Waals surface area contributed by atoms with Gasteiger partial charge in [0.05, 0.1) is 0 Å². The Hall–Kier alpha value is -4.00. The number of rotatable bonds is 5. The number of pyridine rings is 1. The van der Waals surface area contributed by atoms with Crippen LogP contribution in [0.2, 0.25) is 0 Å². The molecule has 0 fully saturated rings. The van der Waals surface area contributed by atoms with Crippen molar-refractivity contribution in [3.63, 3.8) is 0 Å². The predicted octanol–water partition coefficient (Wildman–Crippen LogP) is 4.35. The van der Waals surface area contributed by atoms with Crippen molar-refractivity contribution in [2.75, 3.05) is 11.1 Å². The molecule has 28 heavy (non-hydrogen) atoms. The molecule has 0 radical (unpaired) electrons. The molecular formula is C21H17N5O2. The molecular weight excluding hydrogens is 354 g/mol. The van der Waals surface area contributed by atoms with Crippen LogP contribution in [-0.2, 0) is 0 Å². The van der Waals surface area contributed by atoms with Crippen molar-refractivity contribution in [2.45, 2.75) is 6.92 Å². The summed E-state index contributed by atoms with van der Waals surface area (Å²) in [7, 11) is 0. The van der Waals surface area contributed by atoms with E-state index < -0.39 is 0 Å². The first-order valence-electron chi connectivity index (χ1n) is 8.62. The maximum Gasteiger partial charge on any atom is 0.248 e. The van der Waals surface area contributed by atoms with Crippen LogP contribution in [0.5, 0.6) is 11.6 Å². The number of carbonyl (C=O) groups excluding carboxylic acids is 1. The molecule has 0 saturated heterocycles. The van der Waals surface area contributed by atoms with E-state index in [1.54, 1.807) is 30.5 Å². The molecule has 0 saturated carbocycles. The minimum Gasteiger partial charge on any atom is -0.435 e. The topological polar surface area (TPSA) is 103 Å². The van der Waals surface area contributed by atoms with Crippen LogP contribution in [0.25, 0.3) is 10.9 Å². The number of nitrogens with two attached hydrogens (primary N) is 1.